The fourth-order valence-electron chi connectivity index (χ4n) is 2.46. The summed E-state index contributed by atoms with van der Waals surface area (Å²) in [4.78, 5) is 24.4. The molecule has 3 aromatic rings. The first-order valence-corrected chi connectivity index (χ1v) is 8.63. The number of hydrogen-bond acceptors (Lipinski definition) is 4. The molecule has 0 saturated heterocycles. The summed E-state index contributed by atoms with van der Waals surface area (Å²) >= 11 is 0. The van der Waals surface area contributed by atoms with E-state index in [-0.39, 0.29) is 17.6 Å². The summed E-state index contributed by atoms with van der Waals surface area (Å²) in [6.45, 7) is 1.76. The lowest BCUT2D eigenvalue weighted by Crippen LogP contribution is -2.19. The number of benzene rings is 3. The Morgan fingerprint density at radius 2 is 1.32 bits per heavy atom. The van der Waals surface area contributed by atoms with Crippen LogP contribution in [0.4, 0.5) is 5.69 Å². The summed E-state index contributed by atoms with van der Waals surface area (Å²) in [5.41, 5.74) is 5.46. The molecular weight excluding hydrogens is 354 g/mol. The smallest absolute Gasteiger partial charge is 0.271 e. The molecule has 0 unspecified atom stereocenters. The molecule has 6 nitrogen and oxygen atoms in total. The number of nitrogens with one attached hydrogen (secondary N) is 2. The highest BCUT2D eigenvalue weighted by Crippen LogP contribution is 2.12. The maximum atomic E-state index is 12.2. The van der Waals surface area contributed by atoms with Crippen molar-refractivity contribution in [3.05, 3.63) is 95.6 Å². The van der Waals surface area contributed by atoms with Gasteiger partial charge in [0.1, 0.15) is 5.75 Å². The number of aromatic hydroxyl groups is 1. The Bertz CT molecular complexity index is 995. The molecule has 0 radical (unpaired) electrons. The molecule has 2 amide bonds. The number of phenols is 1. The van der Waals surface area contributed by atoms with Gasteiger partial charge in [0.05, 0.1) is 5.71 Å². The first-order chi connectivity index (χ1) is 13.5. The summed E-state index contributed by atoms with van der Waals surface area (Å²) in [6.07, 6.45) is 0. The quantitative estimate of drug-likeness (QED) is 0.469. The number of carbonyl (C=O) groups is 2. The van der Waals surface area contributed by atoms with Gasteiger partial charge < -0.3 is 10.4 Å². The van der Waals surface area contributed by atoms with Gasteiger partial charge in [-0.15, -0.1) is 0 Å². The monoisotopic (exact) mass is 373 g/mol. The number of hydrazone groups is 1. The molecule has 3 aromatic carbocycles. The van der Waals surface area contributed by atoms with Crippen molar-refractivity contribution in [1.29, 1.82) is 0 Å². The van der Waals surface area contributed by atoms with E-state index in [1.54, 1.807) is 79.7 Å². The van der Waals surface area contributed by atoms with Gasteiger partial charge in [-0.05, 0) is 73.2 Å². The van der Waals surface area contributed by atoms with Gasteiger partial charge in [-0.25, -0.2) is 5.43 Å². The lowest BCUT2D eigenvalue weighted by molar-refractivity contribution is 0.0954. The van der Waals surface area contributed by atoms with Crippen LogP contribution in [-0.4, -0.2) is 22.6 Å². The molecule has 6 heteroatoms. The second-order valence-corrected chi connectivity index (χ2v) is 6.08. The third-order valence-corrected chi connectivity index (χ3v) is 4.05. The van der Waals surface area contributed by atoms with Crippen molar-refractivity contribution in [1.82, 2.24) is 5.43 Å². The van der Waals surface area contributed by atoms with Gasteiger partial charge in [0.2, 0.25) is 0 Å². The van der Waals surface area contributed by atoms with E-state index in [2.05, 4.69) is 15.8 Å². The van der Waals surface area contributed by atoms with Crippen LogP contribution in [0.2, 0.25) is 0 Å². The number of amides is 2. The van der Waals surface area contributed by atoms with E-state index in [0.717, 1.165) is 5.56 Å². The summed E-state index contributed by atoms with van der Waals surface area (Å²) in [6, 6.07) is 22.0. The van der Waals surface area contributed by atoms with E-state index in [1.807, 2.05) is 6.07 Å². The Hall–Kier alpha value is -3.93. The zero-order valence-corrected chi connectivity index (χ0v) is 15.2. The van der Waals surface area contributed by atoms with Crippen molar-refractivity contribution in [2.75, 3.05) is 5.32 Å². The molecule has 0 aliphatic heterocycles. The minimum absolute atomic E-state index is 0.167. The van der Waals surface area contributed by atoms with Gasteiger partial charge in [-0.2, -0.15) is 5.10 Å². The molecule has 3 rings (SSSR count). The number of carbonyl (C=O) groups excluding carboxylic acids is 2. The minimum Gasteiger partial charge on any atom is -0.508 e. The van der Waals surface area contributed by atoms with E-state index in [1.165, 1.54) is 0 Å². The number of phenolic OH excluding ortho intramolecular Hbond substituents is 1. The normalized spacial score (nSPS) is 11.0. The summed E-state index contributed by atoms with van der Waals surface area (Å²) in [5, 5.41) is 16.2. The second kappa shape index (κ2) is 8.64. The van der Waals surface area contributed by atoms with Crippen molar-refractivity contribution in [3.8, 4) is 5.75 Å². The Morgan fingerprint density at radius 1 is 0.750 bits per heavy atom. The summed E-state index contributed by atoms with van der Waals surface area (Å²) in [5.74, 6) is -0.411. The van der Waals surface area contributed by atoms with E-state index in [0.29, 0.717) is 22.5 Å². The largest absolute Gasteiger partial charge is 0.508 e. The zero-order valence-electron chi connectivity index (χ0n) is 15.2. The average molecular weight is 373 g/mol. The SMILES string of the molecule is C/C(=N\NC(=O)c1ccc(NC(=O)c2ccccc2)cc1)c1ccc(O)cc1. The summed E-state index contributed by atoms with van der Waals surface area (Å²) in [7, 11) is 0. The predicted octanol–water partition coefficient (Wildman–Crippen LogP) is 3.80. The standard InChI is InChI=1S/C22H19N3O3/c1-15(16-9-13-20(26)14-10-16)24-25-22(28)18-7-11-19(12-8-18)23-21(27)17-5-3-2-4-6-17/h2-14,26H,1H3,(H,23,27)(H,25,28)/b24-15+. The van der Waals surface area contributed by atoms with Crippen molar-refractivity contribution >= 4 is 23.2 Å². The Balaban J connectivity index is 1.61. The Labute approximate surface area is 162 Å². The van der Waals surface area contributed by atoms with Crippen LogP contribution in [-0.2, 0) is 0 Å². The zero-order chi connectivity index (χ0) is 19.9. The van der Waals surface area contributed by atoms with Gasteiger partial charge in [0.25, 0.3) is 11.8 Å². The molecule has 0 atom stereocenters. The fourth-order valence-corrected chi connectivity index (χ4v) is 2.46. The maximum Gasteiger partial charge on any atom is 0.271 e. The van der Waals surface area contributed by atoms with Crippen molar-refractivity contribution in [2.45, 2.75) is 6.92 Å². The Morgan fingerprint density at radius 3 is 1.96 bits per heavy atom. The molecule has 28 heavy (non-hydrogen) atoms. The highest BCUT2D eigenvalue weighted by Gasteiger charge is 2.08. The highest BCUT2D eigenvalue weighted by atomic mass is 16.3. The third-order valence-electron chi connectivity index (χ3n) is 4.05. The van der Waals surface area contributed by atoms with Crippen LogP contribution < -0.4 is 10.7 Å². The maximum absolute atomic E-state index is 12.2. The fraction of sp³-hybridized carbons (Fsp3) is 0.0455. The van der Waals surface area contributed by atoms with Gasteiger partial charge >= 0.3 is 0 Å². The lowest BCUT2D eigenvalue weighted by atomic mass is 10.1. The van der Waals surface area contributed by atoms with Crippen molar-refractivity contribution in [3.63, 3.8) is 0 Å². The number of hydrogen-bond donors (Lipinski definition) is 3. The molecule has 0 fully saturated rings. The second-order valence-electron chi connectivity index (χ2n) is 6.08. The van der Waals surface area contributed by atoms with Gasteiger partial charge in [-0.3, -0.25) is 9.59 Å². The molecule has 0 aliphatic rings. The van der Waals surface area contributed by atoms with Crippen LogP contribution >= 0.6 is 0 Å². The number of rotatable bonds is 5. The van der Waals surface area contributed by atoms with Crippen molar-refractivity contribution in [2.24, 2.45) is 5.10 Å². The van der Waals surface area contributed by atoms with Crippen LogP contribution in [0.25, 0.3) is 0 Å². The average Bonchev–Trinajstić information content (AvgIpc) is 2.73. The molecule has 140 valence electrons. The highest BCUT2D eigenvalue weighted by molar-refractivity contribution is 6.04. The molecular formula is C22H19N3O3. The van der Waals surface area contributed by atoms with Crippen LogP contribution in [0.5, 0.6) is 5.75 Å². The first kappa shape index (κ1) is 18.8. The molecule has 0 heterocycles. The van der Waals surface area contributed by atoms with Crippen LogP contribution in [0.1, 0.15) is 33.2 Å². The molecule has 0 spiro atoms. The van der Waals surface area contributed by atoms with Crippen molar-refractivity contribution < 1.29 is 14.7 Å². The van der Waals surface area contributed by atoms with E-state index < -0.39 is 0 Å². The molecule has 0 aromatic heterocycles. The number of anilines is 1. The minimum atomic E-state index is -0.362. The Kier molecular flexibility index (Phi) is 5.81. The molecule has 3 N–H and O–H groups in total. The van der Waals surface area contributed by atoms with Crippen LogP contribution in [0, 0.1) is 0 Å². The van der Waals surface area contributed by atoms with E-state index in [9.17, 15) is 14.7 Å². The van der Waals surface area contributed by atoms with Crippen LogP contribution in [0.3, 0.4) is 0 Å². The molecule has 0 bridgehead atoms. The predicted molar refractivity (Wildman–Crippen MR) is 109 cm³/mol. The lowest BCUT2D eigenvalue weighted by Gasteiger charge is -2.07. The van der Waals surface area contributed by atoms with E-state index in [4.69, 9.17) is 0 Å². The number of nitrogens with zero attached hydrogens (tertiary/aromatic N) is 1. The first-order valence-electron chi connectivity index (χ1n) is 8.63. The topological polar surface area (TPSA) is 90.8 Å². The summed E-state index contributed by atoms with van der Waals surface area (Å²) < 4.78 is 0. The van der Waals surface area contributed by atoms with E-state index >= 15 is 0 Å². The molecule has 0 saturated carbocycles. The van der Waals surface area contributed by atoms with Gasteiger partial charge in [-0.1, -0.05) is 18.2 Å². The molecule has 0 aliphatic carbocycles. The van der Waals surface area contributed by atoms with Gasteiger partial charge in [0, 0.05) is 16.8 Å². The van der Waals surface area contributed by atoms with Crippen LogP contribution in [0.15, 0.2) is 84.0 Å². The van der Waals surface area contributed by atoms with Gasteiger partial charge in [0.15, 0.2) is 0 Å². The third kappa shape index (κ3) is 4.82.